The van der Waals surface area contributed by atoms with Crippen LogP contribution in [0.15, 0.2) is 47.4 Å². The standard InChI is InChI=1S/C23H29FN2O2S.C2H6/c1-26(2)23(12-8-9-13-23)21(16-10-6-5-7-11-16)25-22(27)20-18(28-3)14-17(24)15-19(20)29-4;1-2/h5-7,10-11,14-15,21H,8-9,12-13H2,1-4H3,(H,25,27);1-2H3. The molecule has 0 bridgehead atoms. The minimum absolute atomic E-state index is 0.163. The van der Waals surface area contributed by atoms with Crippen LogP contribution in [0.4, 0.5) is 4.39 Å². The lowest BCUT2D eigenvalue weighted by Gasteiger charge is -2.44. The van der Waals surface area contributed by atoms with Crippen LogP contribution in [0.3, 0.4) is 0 Å². The van der Waals surface area contributed by atoms with Crippen LogP contribution in [0.2, 0.25) is 0 Å². The molecule has 1 aliphatic rings. The molecule has 2 aromatic rings. The molecule has 6 heteroatoms. The second-order valence-corrected chi connectivity index (χ2v) is 8.56. The number of hydrogen-bond acceptors (Lipinski definition) is 4. The molecule has 1 atom stereocenters. The summed E-state index contributed by atoms with van der Waals surface area (Å²) in [6.45, 7) is 4.00. The molecule has 3 rings (SSSR count). The summed E-state index contributed by atoms with van der Waals surface area (Å²) in [5.74, 6) is -0.403. The van der Waals surface area contributed by atoms with Gasteiger partial charge in [0, 0.05) is 16.5 Å². The van der Waals surface area contributed by atoms with E-state index in [4.69, 9.17) is 4.74 Å². The van der Waals surface area contributed by atoms with Gasteiger partial charge in [0.2, 0.25) is 0 Å². The Morgan fingerprint density at radius 3 is 2.29 bits per heavy atom. The Kier molecular flexibility index (Phi) is 9.38. The molecule has 0 radical (unpaired) electrons. The number of nitrogens with zero attached hydrogens (tertiary/aromatic N) is 1. The zero-order valence-electron chi connectivity index (χ0n) is 19.5. The Labute approximate surface area is 190 Å². The molecule has 170 valence electrons. The number of halogens is 1. The summed E-state index contributed by atoms with van der Waals surface area (Å²) in [6, 6.07) is 12.6. The van der Waals surface area contributed by atoms with Crippen molar-refractivity contribution < 1.29 is 13.9 Å². The smallest absolute Gasteiger partial charge is 0.256 e. The molecule has 0 heterocycles. The summed E-state index contributed by atoms with van der Waals surface area (Å²) in [5, 5.41) is 3.29. The van der Waals surface area contributed by atoms with Crippen molar-refractivity contribution in [2.24, 2.45) is 0 Å². The van der Waals surface area contributed by atoms with Crippen molar-refractivity contribution in [1.82, 2.24) is 10.2 Å². The van der Waals surface area contributed by atoms with E-state index in [1.807, 2.05) is 38.3 Å². The quantitative estimate of drug-likeness (QED) is 0.536. The zero-order chi connectivity index (χ0) is 23.0. The molecular formula is C25H35FN2O2S. The van der Waals surface area contributed by atoms with Gasteiger partial charge >= 0.3 is 0 Å². The van der Waals surface area contributed by atoms with Crippen molar-refractivity contribution in [2.45, 2.75) is 56.0 Å². The molecule has 1 amide bonds. The van der Waals surface area contributed by atoms with Crippen LogP contribution in [0.1, 0.15) is 61.5 Å². The van der Waals surface area contributed by atoms with Gasteiger partial charge in [-0.15, -0.1) is 11.8 Å². The average Bonchev–Trinajstić information content (AvgIpc) is 3.29. The number of hydrogen-bond donors (Lipinski definition) is 1. The fourth-order valence-corrected chi connectivity index (χ4v) is 5.09. The molecule has 31 heavy (non-hydrogen) atoms. The first-order chi connectivity index (χ1) is 14.9. The van der Waals surface area contributed by atoms with E-state index >= 15 is 0 Å². The van der Waals surface area contributed by atoms with E-state index in [9.17, 15) is 9.18 Å². The van der Waals surface area contributed by atoms with Crippen molar-refractivity contribution >= 4 is 17.7 Å². The summed E-state index contributed by atoms with van der Waals surface area (Å²) in [4.78, 5) is 16.3. The monoisotopic (exact) mass is 446 g/mol. The van der Waals surface area contributed by atoms with Gasteiger partial charge in [-0.3, -0.25) is 4.79 Å². The third-order valence-corrected chi connectivity index (χ3v) is 6.77. The number of benzene rings is 2. The summed E-state index contributed by atoms with van der Waals surface area (Å²) in [7, 11) is 5.63. The molecule has 4 nitrogen and oxygen atoms in total. The molecule has 1 saturated carbocycles. The fourth-order valence-electron chi connectivity index (χ4n) is 4.46. The normalized spacial score (nSPS) is 15.7. The highest BCUT2D eigenvalue weighted by Crippen LogP contribution is 2.44. The second kappa shape index (κ2) is 11.5. The number of amides is 1. The highest BCUT2D eigenvalue weighted by molar-refractivity contribution is 7.98. The van der Waals surface area contributed by atoms with Crippen molar-refractivity contribution in [1.29, 1.82) is 0 Å². The molecule has 1 fully saturated rings. The lowest BCUT2D eigenvalue weighted by Crippen LogP contribution is -2.53. The molecule has 1 N–H and O–H groups in total. The first-order valence-electron chi connectivity index (χ1n) is 10.9. The number of methoxy groups -OCH3 is 1. The van der Waals surface area contributed by atoms with Gasteiger partial charge in [-0.1, -0.05) is 57.0 Å². The number of rotatable bonds is 7. The third kappa shape index (κ3) is 5.42. The van der Waals surface area contributed by atoms with E-state index in [1.54, 1.807) is 0 Å². The maximum absolute atomic E-state index is 14.0. The van der Waals surface area contributed by atoms with Crippen molar-refractivity contribution in [2.75, 3.05) is 27.5 Å². The molecule has 0 spiro atoms. The lowest BCUT2D eigenvalue weighted by atomic mass is 9.82. The number of carbonyl (C=O) groups is 1. The van der Waals surface area contributed by atoms with Crippen LogP contribution < -0.4 is 10.1 Å². The predicted molar refractivity (Wildman–Crippen MR) is 128 cm³/mol. The topological polar surface area (TPSA) is 41.6 Å². The first kappa shape index (κ1) is 25.2. The SMILES string of the molecule is CC.COc1cc(F)cc(SC)c1C(=O)NC(c1ccccc1)C1(N(C)C)CCCC1. The predicted octanol–water partition coefficient (Wildman–Crippen LogP) is 5.93. The largest absolute Gasteiger partial charge is 0.496 e. The van der Waals surface area contributed by atoms with E-state index in [-0.39, 0.29) is 23.2 Å². The summed E-state index contributed by atoms with van der Waals surface area (Å²) >= 11 is 1.34. The lowest BCUT2D eigenvalue weighted by molar-refractivity contribution is 0.0761. The molecular weight excluding hydrogens is 411 g/mol. The van der Waals surface area contributed by atoms with Gasteiger partial charge < -0.3 is 15.0 Å². The van der Waals surface area contributed by atoms with E-state index in [0.717, 1.165) is 31.2 Å². The average molecular weight is 447 g/mol. The number of likely N-dealkylation sites (N-methyl/N-ethyl adjacent to an activating group) is 1. The summed E-state index contributed by atoms with van der Waals surface area (Å²) < 4.78 is 19.3. The van der Waals surface area contributed by atoms with Gasteiger partial charge in [0.05, 0.1) is 18.7 Å². The number of nitrogens with one attached hydrogen (secondary N) is 1. The Balaban J connectivity index is 0.00000166. The second-order valence-electron chi connectivity index (χ2n) is 7.71. The summed E-state index contributed by atoms with van der Waals surface area (Å²) in [5.41, 5.74) is 1.29. The van der Waals surface area contributed by atoms with Crippen LogP contribution in [-0.2, 0) is 0 Å². The van der Waals surface area contributed by atoms with Gasteiger partial charge in [0.1, 0.15) is 11.6 Å². The number of carbonyl (C=O) groups excluding carboxylic acids is 1. The van der Waals surface area contributed by atoms with E-state index in [2.05, 4.69) is 36.4 Å². The van der Waals surface area contributed by atoms with Crippen molar-refractivity contribution in [3.63, 3.8) is 0 Å². The van der Waals surface area contributed by atoms with Crippen molar-refractivity contribution in [3.8, 4) is 5.75 Å². The Hall–Kier alpha value is -2.05. The van der Waals surface area contributed by atoms with Crippen LogP contribution in [-0.4, -0.2) is 43.8 Å². The highest BCUT2D eigenvalue weighted by atomic mass is 32.2. The van der Waals surface area contributed by atoms with Crippen LogP contribution in [0, 0.1) is 5.82 Å². The minimum Gasteiger partial charge on any atom is -0.496 e. The van der Waals surface area contributed by atoms with E-state index in [0.29, 0.717) is 10.5 Å². The van der Waals surface area contributed by atoms with E-state index in [1.165, 1.54) is 31.0 Å². The van der Waals surface area contributed by atoms with E-state index < -0.39 is 5.82 Å². The molecule has 2 aromatic carbocycles. The highest BCUT2D eigenvalue weighted by Gasteiger charge is 2.45. The number of thioether (sulfide) groups is 1. The first-order valence-corrected chi connectivity index (χ1v) is 12.1. The Morgan fingerprint density at radius 1 is 1.16 bits per heavy atom. The molecule has 0 saturated heterocycles. The maximum atomic E-state index is 14.0. The molecule has 0 aromatic heterocycles. The van der Waals surface area contributed by atoms with Gasteiger partial charge in [0.15, 0.2) is 0 Å². The summed E-state index contributed by atoms with van der Waals surface area (Å²) in [6.07, 6.45) is 6.12. The molecule has 1 aliphatic carbocycles. The number of ether oxygens (including phenoxy) is 1. The van der Waals surface area contributed by atoms with Gasteiger partial charge in [-0.2, -0.15) is 0 Å². The zero-order valence-corrected chi connectivity index (χ0v) is 20.3. The van der Waals surface area contributed by atoms with Crippen LogP contribution in [0.25, 0.3) is 0 Å². The fraction of sp³-hybridized carbons (Fsp3) is 0.480. The van der Waals surface area contributed by atoms with Crippen LogP contribution in [0.5, 0.6) is 5.75 Å². The molecule has 0 aliphatic heterocycles. The Morgan fingerprint density at radius 2 is 1.77 bits per heavy atom. The third-order valence-electron chi connectivity index (χ3n) is 6.00. The molecule has 1 unspecified atom stereocenters. The maximum Gasteiger partial charge on any atom is 0.256 e. The minimum atomic E-state index is -0.414. The van der Waals surface area contributed by atoms with Gasteiger partial charge in [0.25, 0.3) is 5.91 Å². The van der Waals surface area contributed by atoms with Crippen molar-refractivity contribution in [3.05, 3.63) is 59.4 Å². The Bertz CT molecular complexity index is 827. The van der Waals surface area contributed by atoms with Gasteiger partial charge in [-0.05, 0) is 44.8 Å². The van der Waals surface area contributed by atoms with Crippen LogP contribution >= 0.6 is 11.8 Å². The van der Waals surface area contributed by atoms with Gasteiger partial charge in [-0.25, -0.2) is 4.39 Å².